The van der Waals surface area contributed by atoms with Crippen LogP contribution in [0.15, 0.2) is 77.8 Å². The molecule has 35 heavy (non-hydrogen) atoms. The smallest absolute Gasteiger partial charge is 0.311 e. The molecule has 4 nitrogen and oxygen atoms in total. The summed E-state index contributed by atoms with van der Waals surface area (Å²) in [6.45, 7) is 19.2. The van der Waals surface area contributed by atoms with Crippen molar-refractivity contribution in [2.24, 2.45) is 10.4 Å². The minimum absolute atomic E-state index is 0.136. The van der Waals surface area contributed by atoms with E-state index in [4.69, 9.17) is 14.2 Å². The van der Waals surface area contributed by atoms with Gasteiger partial charge in [-0.1, -0.05) is 87.5 Å². The Kier molecular flexibility index (Phi) is 9.82. The third-order valence-electron chi connectivity index (χ3n) is 6.43. The SMILES string of the molecule is C[C@H](N=C(c1ccccc1)c1ccccc1)[C@H](/C=C\CO[Si](C)(C)C(C)(C)C)OC(=O)C(C)(C)C. The Labute approximate surface area is 213 Å². The van der Waals surface area contributed by atoms with E-state index in [2.05, 4.69) is 58.1 Å². The van der Waals surface area contributed by atoms with Crippen LogP contribution in [0.4, 0.5) is 0 Å². The molecule has 0 bridgehead atoms. The molecule has 0 heterocycles. The summed E-state index contributed by atoms with van der Waals surface area (Å²) < 4.78 is 12.3. The Bertz CT molecular complexity index is 958. The number of rotatable bonds is 9. The van der Waals surface area contributed by atoms with Crippen LogP contribution in [0, 0.1) is 5.41 Å². The lowest BCUT2D eigenvalue weighted by molar-refractivity contribution is -0.157. The van der Waals surface area contributed by atoms with Crippen molar-refractivity contribution in [3.8, 4) is 0 Å². The van der Waals surface area contributed by atoms with Crippen LogP contribution in [0.3, 0.4) is 0 Å². The van der Waals surface area contributed by atoms with E-state index in [1.54, 1.807) is 0 Å². The lowest BCUT2D eigenvalue weighted by Crippen LogP contribution is -2.40. The van der Waals surface area contributed by atoms with E-state index in [0.29, 0.717) is 6.61 Å². The van der Waals surface area contributed by atoms with Crippen molar-refractivity contribution in [2.75, 3.05) is 6.61 Å². The highest BCUT2D eigenvalue weighted by molar-refractivity contribution is 6.74. The van der Waals surface area contributed by atoms with Gasteiger partial charge in [0.15, 0.2) is 8.32 Å². The zero-order valence-electron chi connectivity index (χ0n) is 23.0. The number of benzene rings is 2. The third kappa shape index (κ3) is 8.59. The van der Waals surface area contributed by atoms with Crippen LogP contribution in [-0.4, -0.2) is 38.8 Å². The van der Waals surface area contributed by atoms with Gasteiger partial charge in [0.05, 0.1) is 23.8 Å². The quantitative estimate of drug-likeness (QED) is 0.158. The second-order valence-corrected chi connectivity index (χ2v) is 16.4. The average Bonchev–Trinajstić information content (AvgIpc) is 2.79. The molecule has 0 aliphatic rings. The fourth-order valence-corrected chi connectivity index (χ4v) is 3.99. The zero-order chi connectivity index (χ0) is 26.3. The zero-order valence-corrected chi connectivity index (χ0v) is 24.0. The Morgan fingerprint density at radius 2 is 1.40 bits per heavy atom. The van der Waals surface area contributed by atoms with Crippen LogP contribution < -0.4 is 0 Å². The van der Waals surface area contributed by atoms with Crippen molar-refractivity contribution in [1.29, 1.82) is 0 Å². The first-order valence-electron chi connectivity index (χ1n) is 12.4. The third-order valence-corrected chi connectivity index (χ3v) is 10.9. The molecular weight excluding hydrogens is 450 g/mol. The Morgan fingerprint density at radius 3 is 1.83 bits per heavy atom. The van der Waals surface area contributed by atoms with Crippen LogP contribution in [-0.2, 0) is 14.0 Å². The molecular formula is C30H43NO3Si. The van der Waals surface area contributed by atoms with E-state index in [0.717, 1.165) is 16.8 Å². The van der Waals surface area contributed by atoms with Crippen molar-refractivity contribution in [1.82, 2.24) is 0 Å². The maximum atomic E-state index is 12.8. The molecule has 190 valence electrons. The highest BCUT2D eigenvalue weighted by Gasteiger charge is 2.36. The predicted molar refractivity (Wildman–Crippen MR) is 150 cm³/mol. The molecule has 0 unspecified atom stereocenters. The lowest BCUT2D eigenvalue weighted by atomic mass is 9.97. The molecule has 0 fully saturated rings. The summed E-state index contributed by atoms with van der Waals surface area (Å²) in [5.41, 5.74) is 2.32. The molecule has 0 N–H and O–H groups in total. The average molecular weight is 494 g/mol. The number of ether oxygens (including phenoxy) is 1. The summed E-state index contributed by atoms with van der Waals surface area (Å²) in [7, 11) is -1.87. The normalized spacial score (nSPS) is 14.4. The number of carbonyl (C=O) groups is 1. The molecule has 0 saturated heterocycles. The summed E-state index contributed by atoms with van der Waals surface area (Å²) in [6, 6.07) is 19.9. The molecule has 2 aromatic carbocycles. The molecule has 2 aromatic rings. The van der Waals surface area contributed by atoms with Gasteiger partial charge >= 0.3 is 5.97 Å². The molecule has 0 aliphatic carbocycles. The van der Waals surface area contributed by atoms with Gasteiger partial charge in [-0.05, 0) is 51.9 Å². The van der Waals surface area contributed by atoms with Gasteiger partial charge in [-0.2, -0.15) is 0 Å². The minimum Gasteiger partial charge on any atom is -0.455 e. The summed E-state index contributed by atoms with van der Waals surface area (Å²) in [5.74, 6) is -0.250. The summed E-state index contributed by atoms with van der Waals surface area (Å²) >= 11 is 0. The largest absolute Gasteiger partial charge is 0.455 e. The Balaban J connectivity index is 2.36. The van der Waals surface area contributed by atoms with Crippen LogP contribution in [0.25, 0.3) is 0 Å². The molecule has 2 rings (SSSR count). The van der Waals surface area contributed by atoms with Gasteiger partial charge in [0.25, 0.3) is 0 Å². The van der Waals surface area contributed by atoms with Crippen LogP contribution in [0.1, 0.15) is 59.6 Å². The van der Waals surface area contributed by atoms with Crippen molar-refractivity contribution < 1.29 is 14.0 Å². The maximum absolute atomic E-state index is 12.8. The Morgan fingerprint density at radius 1 is 0.914 bits per heavy atom. The molecule has 5 heteroatoms. The van der Waals surface area contributed by atoms with E-state index in [1.165, 1.54) is 0 Å². The van der Waals surface area contributed by atoms with E-state index in [9.17, 15) is 4.79 Å². The molecule has 0 amide bonds. The second-order valence-electron chi connectivity index (χ2n) is 11.6. The van der Waals surface area contributed by atoms with E-state index in [1.807, 2.05) is 76.2 Å². The summed E-state index contributed by atoms with van der Waals surface area (Å²) in [5, 5.41) is 0.136. The van der Waals surface area contributed by atoms with Gasteiger partial charge in [0, 0.05) is 11.1 Å². The molecule has 2 atom stereocenters. The first kappa shape index (κ1) is 28.7. The number of aliphatic imine (C=N–C) groups is 1. The number of esters is 1. The summed E-state index contributed by atoms with van der Waals surface area (Å²) in [4.78, 5) is 17.9. The van der Waals surface area contributed by atoms with Crippen molar-refractivity contribution >= 4 is 20.0 Å². The number of carbonyl (C=O) groups excluding carboxylic acids is 1. The fourth-order valence-electron chi connectivity index (χ4n) is 3.05. The minimum atomic E-state index is -1.87. The van der Waals surface area contributed by atoms with Crippen molar-refractivity contribution in [2.45, 2.75) is 78.7 Å². The molecule has 0 saturated carbocycles. The van der Waals surface area contributed by atoms with Crippen molar-refractivity contribution in [3.05, 3.63) is 83.9 Å². The summed E-state index contributed by atoms with van der Waals surface area (Å²) in [6.07, 6.45) is 3.39. The first-order chi connectivity index (χ1) is 16.2. The maximum Gasteiger partial charge on any atom is 0.311 e. The first-order valence-corrected chi connectivity index (χ1v) is 15.3. The van der Waals surface area contributed by atoms with Crippen molar-refractivity contribution in [3.63, 3.8) is 0 Å². The highest BCUT2D eigenvalue weighted by Crippen LogP contribution is 2.36. The van der Waals surface area contributed by atoms with Crippen LogP contribution >= 0.6 is 0 Å². The highest BCUT2D eigenvalue weighted by atomic mass is 28.4. The Hall–Kier alpha value is -2.50. The van der Waals surface area contributed by atoms with Gasteiger partial charge in [-0.3, -0.25) is 9.79 Å². The molecule has 0 aliphatic heterocycles. The molecule has 0 spiro atoms. The number of nitrogens with zero attached hydrogens (tertiary/aromatic N) is 1. The van der Waals surface area contributed by atoms with Crippen LogP contribution in [0.2, 0.25) is 18.1 Å². The monoisotopic (exact) mass is 493 g/mol. The van der Waals surface area contributed by atoms with E-state index in [-0.39, 0.29) is 17.0 Å². The molecule has 0 radical (unpaired) electrons. The van der Waals surface area contributed by atoms with Gasteiger partial charge in [0.2, 0.25) is 0 Å². The van der Waals surface area contributed by atoms with Crippen LogP contribution in [0.5, 0.6) is 0 Å². The van der Waals surface area contributed by atoms with Gasteiger partial charge in [0.1, 0.15) is 6.10 Å². The van der Waals surface area contributed by atoms with Gasteiger partial charge in [-0.25, -0.2) is 0 Å². The fraction of sp³-hybridized carbons (Fsp3) is 0.467. The topological polar surface area (TPSA) is 47.9 Å². The van der Waals surface area contributed by atoms with E-state index < -0.39 is 19.8 Å². The lowest BCUT2D eigenvalue weighted by Gasteiger charge is -2.35. The predicted octanol–water partition coefficient (Wildman–Crippen LogP) is 7.45. The second kappa shape index (κ2) is 12.0. The molecule has 0 aromatic heterocycles. The van der Waals surface area contributed by atoms with Gasteiger partial charge in [-0.15, -0.1) is 0 Å². The number of hydrogen-bond acceptors (Lipinski definition) is 4. The van der Waals surface area contributed by atoms with E-state index >= 15 is 0 Å². The standard InChI is InChI=1S/C30H43NO3Si/c1-23(31-27(24-17-12-10-13-18-24)25-19-14-11-15-20-25)26(34-28(32)29(2,3)4)21-16-22-33-35(8,9)30(5,6)7/h10-21,23,26H,22H2,1-9H3/b21-16-/t23-,26-/m0/s1. The number of hydrogen-bond donors (Lipinski definition) is 0. The van der Waals surface area contributed by atoms with Gasteiger partial charge < -0.3 is 9.16 Å².